The van der Waals surface area contributed by atoms with Gasteiger partial charge in [0, 0.05) is 47.6 Å². The Kier molecular flexibility index (Phi) is 8.94. The second-order valence-electron chi connectivity index (χ2n) is 15.1. The molecule has 44 heavy (non-hydrogen) atoms. The van der Waals surface area contributed by atoms with Crippen LogP contribution in [0, 0.1) is 18.3 Å². The summed E-state index contributed by atoms with van der Waals surface area (Å²) in [6.45, 7) is 14.1. The van der Waals surface area contributed by atoms with Gasteiger partial charge in [0.15, 0.2) is 0 Å². The van der Waals surface area contributed by atoms with Crippen LogP contribution in [0.25, 0.3) is 11.3 Å². The molecular formula is C36H51N3O5. The summed E-state index contributed by atoms with van der Waals surface area (Å²) < 4.78 is 8.72. The van der Waals surface area contributed by atoms with Crippen molar-refractivity contribution >= 4 is 17.8 Å². The molecule has 0 saturated heterocycles. The Bertz CT molecular complexity index is 1400. The number of carboxylic acids is 1. The molecule has 0 radical (unpaired) electrons. The van der Waals surface area contributed by atoms with Crippen LogP contribution >= 0.6 is 0 Å². The second-order valence-corrected chi connectivity index (χ2v) is 15.1. The Labute approximate surface area is 262 Å². The molecule has 3 N–H and O–H groups in total. The van der Waals surface area contributed by atoms with E-state index in [1.807, 2.05) is 13.0 Å². The highest BCUT2D eigenvalue weighted by molar-refractivity contribution is 5.97. The first kappa shape index (κ1) is 32.1. The number of fused-ring (bicyclic) bond motifs is 2. The molecule has 2 amide bonds. The number of carboxylic acid groups (broad SMARTS) is 1. The van der Waals surface area contributed by atoms with E-state index < -0.39 is 11.4 Å². The first-order chi connectivity index (χ1) is 20.7. The van der Waals surface area contributed by atoms with Gasteiger partial charge < -0.3 is 25.0 Å². The van der Waals surface area contributed by atoms with Crippen LogP contribution in [0.15, 0.2) is 18.2 Å². The van der Waals surface area contributed by atoms with Gasteiger partial charge in [0.25, 0.3) is 5.91 Å². The number of carbonyl (C=O) groups excluding carboxylic acids is 2. The van der Waals surface area contributed by atoms with Crippen LogP contribution in [0.3, 0.4) is 0 Å². The maximum Gasteiger partial charge on any atom is 0.305 e. The number of hydrogen-bond donors (Lipinski definition) is 3. The summed E-state index contributed by atoms with van der Waals surface area (Å²) in [5.74, 6) is 0.193. The summed E-state index contributed by atoms with van der Waals surface area (Å²) >= 11 is 0. The molecule has 5 rings (SSSR count). The van der Waals surface area contributed by atoms with Gasteiger partial charge in [-0.15, -0.1) is 0 Å². The lowest BCUT2D eigenvalue weighted by Gasteiger charge is -2.33. The van der Waals surface area contributed by atoms with Crippen LogP contribution in [0.5, 0.6) is 5.75 Å². The molecule has 240 valence electrons. The molecule has 0 unspecified atom stereocenters. The maximum absolute atomic E-state index is 13.7. The zero-order valence-corrected chi connectivity index (χ0v) is 27.5. The number of hydrogen-bond acceptors (Lipinski definition) is 4. The van der Waals surface area contributed by atoms with Gasteiger partial charge >= 0.3 is 5.97 Å². The predicted octanol–water partition coefficient (Wildman–Crippen LogP) is 6.50. The predicted molar refractivity (Wildman–Crippen MR) is 172 cm³/mol. The van der Waals surface area contributed by atoms with Crippen molar-refractivity contribution in [3.8, 4) is 17.0 Å². The fourth-order valence-corrected chi connectivity index (χ4v) is 7.01. The van der Waals surface area contributed by atoms with Crippen LogP contribution < -0.4 is 15.4 Å². The quantitative estimate of drug-likeness (QED) is 0.286. The molecule has 1 spiro atoms. The van der Waals surface area contributed by atoms with Crippen molar-refractivity contribution < 1.29 is 24.2 Å². The maximum atomic E-state index is 13.7. The van der Waals surface area contributed by atoms with Gasteiger partial charge in [0.2, 0.25) is 5.91 Å². The third-order valence-electron chi connectivity index (χ3n) is 10.2. The lowest BCUT2D eigenvalue weighted by atomic mass is 9.79. The van der Waals surface area contributed by atoms with Crippen molar-refractivity contribution in [2.75, 3.05) is 19.7 Å². The van der Waals surface area contributed by atoms with Crippen LogP contribution in [-0.2, 0) is 27.0 Å². The molecule has 2 aromatic rings. The van der Waals surface area contributed by atoms with Crippen molar-refractivity contribution in [3.05, 3.63) is 40.6 Å². The average Bonchev–Trinajstić information content (AvgIpc) is 3.67. The number of amides is 2. The minimum atomic E-state index is -0.964. The SMILES string of the molecule is Cc1c(C(=O)NCC(C)(C)C(=O)NCCC(=O)O)cc(-c2cc(C(C)(C)C)c3c(c2)C2(CCO3)CC2)n1CC1CCCCC1. The van der Waals surface area contributed by atoms with E-state index in [1.165, 1.54) is 56.1 Å². The zero-order chi connectivity index (χ0) is 31.9. The molecule has 2 saturated carbocycles. The second kappa shape index (κ2) is 12.2. The Morgan fingerprint density at radius 3 is 2.34 bits per heavy atom. The molecule has 3 aliphatic rings. The van der Waals surface area contributed by atoms with Crippen molar-refractivity contribution in [2.24, 2.45) is 11.3 Å². The van der Waals surface area contributed by atoms with E-state index in [2.05, 4.69) is 48.1 Å². The largest absolute Gasteiger partial charge is 0.493 e. The number of nitrogens with zero attached hydrogens (tertiary/aromatic N) is 1. The summed E-state index contributed by atoms with van der Waals surface area (Å²) in [6.07, 6.45) is 9.53. The van der Waals surface area contributed by atoms with Gasteiger partial charge in [-0.3, -0.25) is 14.4 Å². The van der Waals surface area contributed by atoms with Gasteiger partial charge in [-0.1, -0.05) is 40.0 Å². The minimum Gasteiger partial charge on any atom is -0.493 e. The smallest absolute Gasteiger partial charge is 0.305 e. The summed E-state index contributed by atoms with van der Waals surface area (Å²) in [5, 5.41) is 14.6. The third kappa shape index (κ3) is 6.69. The normalized spacial score (nSPS) is 18.0. The number of ether oxygens (including phenoxy) is 1. The molecule has 1 aromatic carbocycles. The van der Waals surface area contributed by atoms with E-state index in [4.69, 9.17) is 9.84 Å². The number of nitrogens with one attached hydrogen (secondary N) is 2. The fraction of sp³-hybridized carbons (Fsp3) is 0.639. The number of carbonyl (C=O) groups is 3. The molecule has 2 aliphatic carbocycles. The first-order valence-electron chi connectivity index (χ1n) is 16.5. The number of rotatable bonds is 10. The summed E-state index contributed by atoms with van der Waals surface area (Å²) in [4.78, 5) is 37.3. The Morgan fingerprint density at radius 1 is 1.00 bits per heavy atom. The van der Waals surface area contributed by atoms with Gasteiger partial charge in [-0.25, -0.2) is 0 Å². The van der Waals surface area contributed by atoms with Gasteiger partial charge in [0.1, 0.15) is 5.75 Å². The lowest BCUT2D eigenvalue weighted by Crippen LogP contribution is -2.45. The van der Waals surface area contributed by atoms with Gasteiger partial charge in [-0.05, 0) is 88.0 Å². The molecule has 8 nitrogen and oxygen atoms in total. The van der Waals surface area contributed by atoms with Gasteiger partial charge in [-0.2, -0.15) is 0 Å². The molecule has 1 aromatic heterocycles. The number of benzene rings is 1. The highest BCUT2D eigenvalue weighted by Crippen LogP contribution is 2.58. The molecule has 2 fully saturated rings. The van der Waals surface area contributed by atoms with E-state index in [0.717, 1.165) is 42.3 Å². The first-order valence-corrected chi connectivity index (χ1v) is 16.5. The van der Waals surface area contributed by atoms with Crippen molar-refractivity contribution in [1.82, 2.24) is 15.2 Å². The molecule has 1 aliphatic heterocycles. The van der Waals surface area contributed by atoms with Crippen molar-refractivity contribution in [1.29, 1.82) is 0 Å². The van der Waals surface area contributed by atoms with E-state index in [-0.39, 0.29) is 42.2 Å². The minimum absolute atomic E-state index is 0.0572. The average molecular weight is 606 g/mol. The lowest BCUT2D eigenvalue weighted by molar-refractivity contribution is -0.137. The van der Waals surface area contributed by atoms with Crippen molar-refractivity contribution in [2.45, 2.75) is 117 Å². The molecule has 8 heteroatoms. The zero-order valence-electron chi connectivity index (χ0n) is 27.5. The Morgan fingerprint density at radius 2 is 1.70 bits per heavy atom. The highest BCUT2D eigenvalue weighted by atomic mass is 16.5. The topological polar surface area (TPSA) is 110 Å². The van der Waals surface area contributed by atoms with Crippen LogP contribution in [0.1, 0.15) is 120 Å². The van der Waals surface area contributed by atoms with E-state index >= 15 is 0 Å². The number of aliphatic carboxylic acids is 1. The molecule has 0 atom stereocenters. The fourth-order valence-electron chi connectivity index (χ4n) is 7.01. The van der Waals surface area contributed by atoms with Crippen molar-refractivity contribution in [3.63, 3.8) is 0 Å². The van der Waals surface area contributed by atoms with E-state index in [1.54, 1.807) is 13.8 Å². The summed E-state index contributed by atoms with van der Waals surface area (Å²) in [6, 6.07) is 6.68. The van der Waals surface area contributed by atoms with Gasteiger partial charge in [0.05, 0.1) is 24.0 Å². The van der Waals surface area contributed by atoms with E-state index in [0.29, 0.717) is 11.5 Å². The Balaban J connectivity index is 1.48. The Hall–Kier alpha value is -3.29. The van der Waals surface area contributed by atoms with Crippen LogP contribution in [0.2, 0.25) is 0 Å². The van der Waals surface area contributed by atoms with Crippen LogP contribution in [0.4, 0.5) is 0 Å². The monoisotopic (exact) mass is 605 g/mol. The standard InChI is InChI=1S/C36H51N3O5/c1-23-26(32(42)38-22-35(5,6)33(43)37-16-12-30(40)41)20-29(39(23)21-24-10-8-7-9-11-24)25-18-27(34(2,3)4)31-28(19-25)36(13-14-36)15-17-44-31/h18-20,24H,7-17,21-22H2,1-6H3,(H,37,43)(H,38,42)(H,40,41). The number of aromatic nitrogens is 1. The molecular weight excluding hydrogens is 554 g/mol. The molecule has 0 bridgehead atoms. The highest BCUT2D eigenvalue weighted by Gasteiger charge is 2.49. The summed E-state index contributed by atoms with van der Waals surface area (Å²) in [5.41, 5.74) is 5.56. The van der Waals surface area contributed by atoms with E-state index in [9.17, 15) is 14.4 Å². The summed E-state index contributed by atoms with van der Waals surface area (Å²) in [7, 11) is 0. The third-order valence-corrected chi connectivity index (χ3v) is 10.2. The van der Waals surface area contributed by atoms with Crippen LogP contribution in [-0.4, -0.2) is 47.2 Å². The molecule has 2 heterocycles.